The van der Waals surface area contributed by atoms with Crippen molar-refractivity contribution in [3.05, 3.63) is 0 Å². The fourth-order valence-corrected chi connectivity index (χ4v) is 2.29. The van der Waals surface area contributed by atoms with Gasteiger partial charge in [-0.2, -0.15) is 6.41 Å². The Hall–Kier alpha value is 1.07. The molecule has 2 rings (SSSR count). The van der Waals surface area contributed by atoms with E-state index in [4.69, 9.17) is 0 Å². The Labute approximate surface area is 136 Å². The van der Waals surface area contributed by atoms with Crippen LogP contribution in [0.1, 0.15) is 33.1 Å². The molecular weight excluding hydrogens is 215 g/mol. The molecular formula is C11H21KN2O. The topological polar surface area (TPSA) is 32.3 Å². The van der Waals surface area contributed by atoms with Crippen LogP contribution in [0.25, 0.3) is 0 Å². The molecule has 0 bridgehead atoms. The first kappa shape index (κ1) is 16.1. The zero-order chi connectivity index (χ0) is 10.4. The van der Waals surface area contributed by atoms with Gasteiger partial charge in [-0.15, -0.1) is 0 Å². The third-order valence-corrected chi connectivity index (χ3v) is 3.29. The van der Waals surface area contributed by atoms with Crippen molar-refractivity contribution in [1.82, 2.24) is 10.2 Å². The number of rotatable bonds is 1. The summed E-state index contributed by atoms with van der Waals surface area (Å²) in [6.45, 7) is 8.13. The van der Waals surface area contributed by atoms with Gasteiger partial charge in [-0.1, -0.05) is 13.8 Å². The van der Waals surface area contributed by atoms with Gasteiger partial charge in [0.05, 0.1) is 0 Å². The monoisotopic (exact) mass is 236 g/mol. The second-order valence-electron chi connectivity index (χ2n) is 4.01. The summed E-state index contributed by atoms with van der Waals surface area (Å²) in [6.07, 6.45) is 5.59. The largest absolute Gasteiger partial charge is 1.00 e. The molecule has 1 N–H and O–H groups in total. The van der Waals surface area contributed by atoms with Crippen LogP contribution in [0.15, 0.2) is 0 Å². The number of nitrogens with one attached hydrogen (secondary N) is 1. The van der Waals surface area contributed by atoms with Crippen molar-refractivity contribution in [2.24, 2.45) is 5.41 Å². The average Bonchev–Trinajstić information content (AvgIpc) is 2.71. The molecule has 3 nitrogen and oxygen atoms in total. The van der Waals surface area contributed by atoms with Crippen LogP contribution in [0, 0.1) is 5.41 Å². The molecule has 0 aromatic carbocycles. The SMILES string of the molecule is CC.O=[C-]N1CCC2(CCNC2)CC1.[K+]. The second kappa shape index (κ2) is 8.20. The Balaban J connectivity index is 0.000000617. The molecule has 0 aromatic heterocycles. The summed E-state index contributed by atoms with van der Waals surface area (Å²) in [6, 6.07) is 0. The van der Waals surface area contributed by atoms with Crippen LogP contribution in [-0.2, 0) is 4.79 Å². The van der Waals surface area contributed by atoms with Crippen molar-refractivity contribution < 1.29 is 56.2 Å². The fraction of sp³-hybridized carbons (Fsp3) is 0.909. The molecule has 0 unspecified atom stereocenters. The van der Waals surface area contributed by atoms with E-state index in [2.05, 4.69) is 5.32 Å². The molecule has 1 amide bonds. The maximum atomic E-state index is 10.3. The number of amides is 1. The number of nitrogens with zero attached hydrogens (tertiary/aromatic N) is 1. The number of hydrogen-bond acceptors (Lipinski definition) is 2. The predicted molar refractivity (Wildman–Crippen MR) is 57.8 cm³/mol. The van der Waals surface area contributed by atoms with E-state index in [0.717, 1.165) is 39.0 Å². The van der Waals surface area contributed by atoms with E-state index in [0.29, 0.717) is 5.41 Å². The average molecular weight is 236 g/mol. The van der Waals surface area contributed by atoms with E-state index in [1.165, 1.54) is 6.42 Å². The van der Waals surface area contributed by atoms with Crippen molar-refractivity contribution in [2.75, 3.05) is 26.2 Å². The number of piperidine rings is 1. The van der Waals surface area contributed by atoms with Crippen molar-refractivity contribution in [1.29, 1.82) is 0 Å². The molecule has 0 atom stereocenters. The normalized spacial score (nSPS) is 22.7. The van der Waals surface area contributed by atoms with E-state index < -0.39 is 0 Å². The van der Waals surface area contributed by atoms with Gasteiger partial charge in [0.25, 0.3) is 0 Å². The summed E-state index contributed by atoms with van der Waals surface area (Å²) >= 11 is 0. The fourth-order valence-electron chi connectivity index (χ4n) is 2.29. The van der Waals surface area contributed by atoms with Gasteiger partial charge in [0, 0.05) is 6.54 Å². The molecule has 2 fully saturated rings. The molecule has 15 heavy (non-hydrogen) atoms. The van der Waals surface area contributed by atoms with Crippen molar-refractivity contribution >= 4 is 6.41 Å². The maximum Gasteiger partial charge on any atom is 1.00 e. The molecule has 2 heterocycles. The van der Waals surface area contributed by atoms with Gasteiger partial charge in [0.1, 0.15) is 0 Å². The Morgan fingerprint density at radius 1 is 1.20 bits per heavy atom. The van der Waals surface area contributed by atoms with Crippen LogP contribution < -0.4 is 56.7 Å². The molecule has 0 saturated carbocycles. The standard InChI is InChI=1S/C9H15N2O.C2H6.K/c12-8-11-5-2-9(3-6-11)1-4-10-7-9;1-2;/h10H,1-7H2;1-2H3;/q-1;;+1. The summed E-state index contributed by atoms with van der Waals surface area (Å²) in [7, 11) is 0. The third kappa shape index (κ3) is 4.44. The molecule has 82 valence electrons. The summed E-state index contributed by atoms with van der Waals surface area (Å²) < 4.78 is 0. The summed E-state index contributed by atoms with van der Waals surface area (Å²) in [5.41, 5.74) is 0.521. The number of likely N-dealkylation sites (tertiary alicyclic amines) is 1. The van der Waals surface area contributed by atoms with Crippen LogP contribution in [-0.4, -0.2) is 37.5 Å². The molecule has 0 aliphatic carbocycles. The first-order valence-corrected chi connectivity index (χ1v) is 5.68. The van der Waals surface area contributed by atoms with E-state index in [-0.39, 0.29) is 51.4 Å². The van der Waals surface area contributed by atoms with Gasteiger partial charge in [-0.25, -0.2) is 0 Å². The third-order valence-electron chi connectivity index (χ3n) is 3.29. The number of carbonyl (C=O) groups excluding carboxylic acids is 1. The van der Waals surface area contributed by atoms with Crippen LogP contribution in [0.3, 0.4) is 0 Å². The van der Waals surface area contributed by atoms with E-state index in [1.54, 1.807) is 4.90 Å². The van der Waals surface area contributed by atoms with Gasteiger partial charge in [0.2, 0.25) is 0 Å². The minimum atomic E-state index is 0. The molecule has 0 radical (unpaired) electrons. The van der Waals surface area contributed by atoms with Crippen LogP contribution in [0.4, 0.5) is 0 Å². The van der Waals surface area contributed by atoms with E-state index in [1.807, 2.05) is 20.3 Å². The van der Waals surface area contributed by atoms with Crippen molar-refractivity contribution in [2.45, 2.75) is 33.1 Å². The minimum Gasteiger partial charge on any atom is -0.520 e. The summed E-state index contributed by atoms with van der Waals surface area (Å²) in [5, 5.41) is 3.40. The smallest absolute Gasteiger partial charge is 0.520 e. The van der Waals surface area contributed by atoms with Gasteiger partial charge in [0.15, 0.2) is 0 Å². The second-order valence-corrected chi connectivity index (χ2v) is 4.01. The molecule has 4 heteroatoms. The molecule has 2 saturated heterocycles. The zero-order valence-electron chi connectivity index (χ0n) is 10.3. The zero-order valence-corrected chi connectivity index (χ0v) is 13.4. The Morgan fingerprint density at radius 3 is 2.20 bits per heavy atom. The van der Waals surface area contributed by atoms with Crippen molar-refractivity contribution in [3.63, 3.8) is 0 Å². The molecule has 2 aliphatic heterocycles. The molecule has 0 aromatic rings. The summed E-state index contributed by atoms with van der Waals surface area (Å²) in [4.78, 5) is 12.1. The Morgan fingerprint density at radius 2 is 1.80 bits per heavy atom. The summed E-state index contributed by atoms with van der Waals surface area (Å²) in [5.74, 6) is 0. The van der Waals surface area contributed by atoms with Gasteiger partial charge in [-0.3, -0.25) is 0 Å². The predicted octanol–water partition coefficient (Wildman–Crippen LogP) is -1.84. The van der Waals surface area contributed by atoms with Crippen molar-refractivity contribution in [3.8, 4) is 0 Å². The van der Waals surface area contributed by atoms with Gasteiger partial charge < -0.3 is 15.0 Å². The van der Waals surface area contributed by atoms with E-state index >= 15 is 0 Å². The molecule has 2 aliphatic rings. The van der Waals surface area contributed by atoms with Crippen LogP contribution in [0.2, 0.25) is 0 Å². The molecule has 1 spiro atoms. The Kier molecular flexibility index (Phi) is 8.78. The first-order valence-electron chi connectivity index (χ1n) is 5.68. The van der Waals surface area contributed by atoms with E-state index in [9.17, 15) is 4.79 Å². The van der Waals surface area contributed by atoms with Crippen LogP contribution in [0.5, 0.6) is 0 Å². The van der Waals surface area contributed by atoms with Gasteiger partial charge >= 0.3 is 51.4 Å². The quantitative estimate of drug-likeness (QED) is 0.429. The van der Waals surface area contributed by atoms with Gasteiger partial charge in [-0.05, 0) is 44.3 Å². The Bertz CT molecular complexity index is 171. The van der Waals surface area contributed by atoms with Crippen LogP contribution >= 0.6 is 0 Å². The number of hydrogen-bond donors (Lipinski definition) is 1. The maximum absolute atomic E-state index is 10.3. The minimum absolute atomic E-state index is 0. The first-order chi connectivity index (χ1) is 6.85.